The normalized spacial score (nSPS) is 11.4. The van der Waals surface area contributed by atoms with Gasteiger partial charge in [-0.05, 0) is 31.0 Å². The molecule has 0 bridgehead atoms. The van der Waals surface area contributed by atoms with Gasteiger partial charge in [0, 0.05) is 11.1 Å². The highest BCUT2D eigenvalue weighted by Crippen LogP contribution is 2.26. The molecule has 0 radical (unpaired) electrons. The Bertz CT molecular complexity index is 780. The fourth-order valence-corrected chi connectivity index (χ4v) is 2.52. The van der Waals surface area contributed by atoms with Crippen LogP contribution in [-0.4, -0.2) is 4.98 Å². The van der Waals surface area contributed by atoms with Crippen molar-refractivity contribution >= 4 is 21.9 Å². The molecule has 2 heterocycles. The van der Waals surface area contributed by atoms with Gasteiger partial charge in [-0.3, -0.25) is 0 Å². The van der Waals surface area contributed by atoms with Crippen LogP contribution in [0.3, 0.4) is 0 Å². The van der Waals surface area contributed by atoms with Gasteiger partial charge >= 0.3 is 5.63 Å². The third kappa shape index (κ3) is 1.47. The molecule has 0 fully saturated rings. The van der Waals surface area contributed by atoms with E-state index in [-0.39, 0.29) is 5.63 Å². The lowest BCUT2D eigenvalue weighted by Gasteiger charge is -1.97. The highest BCUT2D eigenvalue weighted by molar-refractivity contribution is 6.03. The molecule has 0 amide bonds. The second kappa shape index (κ2) is 4.02. The average Bonchev–Trinajstić information content (AvgIpc) is 2.69. The van der Waals surface area contributed by atoms with Gasteiger partial charge in [-0.25, -0.2) is 4.79 Å². The Hall–Kier alpha value is -2.03. The van der Waals surface area contributed by atoms with E-state index in [0.29, 0.717) is 11.0 Å². The van der Waals surface area contributed by atoms with Crippen molar-refractivity contribution in [1.82, 2.24) is 4.98 Å². The molecule has 92 valence electrons. The second-order valence-electron chi connectivity index (χ2n) is 4.61. The summed E-state index contributed by atoms with van der Waals surface area (Å²) < 4.78 is 5.37. The molecule has 18 heavy (non-hydrogen) atoms. The predicted molar refractivity (Wildman–Crippen MR) is 73.1 cm³/mol. The van der Waals surface area contributed by atoms with Gasteiger partial charge in [-0.15, -0.1) is 0 Å². The van der Waals surface area contributed by atoms with Crippen molar-refractivity contribution in [3.8, 4) is 0 Å². The summed E-state index contributed by atoms with van der Waals surface area (Å²) in [5.41, 5.74) is 3.45. The first-order valence-corrected chi connectivity index (χ1v) is 6.25. The zero-order valence-corrected chi connectivity index (χ0v) is 10.5. The lowest BCUT2D eigenvalue weighted by atomic mass is 10.1. The predicted octanol–water partition coefficient (Wildman–Crippen LogP) is 3.54. The fourth-order valence-electron chi connectivity index (χ4n) is 2.52. The molecule has 3 nitrogen and oxygen atoms in total. The Labute approximate surface area is 104 Å². The van der Waals surface area contributed by atoms with Crippen molar-refractivity contribution in [2.45, 2.75) is 26.7 Å². The van der Waals surface area contributed by atoms with Crippen LogP contribution in [0.15, 0.2) is 33.5 Å². The Morgan fingerprint density at radius 3 is 2.83 bits per heavy atom. The highest BCUT2D eigenvalue weighted by Gasteiger charge is 2.14. The van der Waals surface area contributed by atoms with Crippen LogP contribution in [0, 0.1) is 6.92 Å². The van der Waals surface area contributed by atoms with Crippen molar-refractivity contribution in [3.05, 3.63) is 45.9 Å². The number of fused-ring (bicyclic) bond motifs is 3. The fraction of sp³-hybridized carbons (Fsp3) is 0.267. The first-order chi connectivity index (χ1) is 8.72. The molecule has 0 atom stereocenters. The van der Waals surface area contributed by atoms with Crippen LogP contribution in [0.5, 0.6) is 0 Å². The van der Waals surface area contributed by atoms with E-state index in [1.165, 1.54) is 0 Å². The van der Waals surface area contributed by atoms with E-state index in [0.717, 1.165) is 35.0 Å². The SMILES string of the molecule is CCCc1[nH]c2c(c1C)c(=O)oc1ccccc12. The molecule has 1 aromatic carbocycles. The van der Waals surface area contributed by atoms with Gasteiger partial charge in [-0.1, -0.05) is 25.5 Å². The molecule has 0 aliphatic heterocycles. The van der Waals surface area contributed by atoms with Gasteiger partial charge in [0.2, 0.25) is 0 Å². The molecule has 0 unspecified atom stereocenters. The van der Waals surface area contributed by atoms with Crippen molar-refractivity contribution in [2.75, 3.05) is 0 Å². The lowest BCUT2D eigenvalue weighted by molar-refractivity contribution is 0.569. The van der Waals surface area contributed by atoms with Gasteiger partial charge in [0.05, 0.1) is 10.9 Å². The summed E-state index contributed by atoms with van der Waals surface area (Å²) in [6, 6.07) is 7.63. The molecule has 0 spiro atoms. The van der Waals surface area contributed by atoms with Crippen LogP contribution in [0.2, 0.25) is 0 Å². The molecular formula is C15H15NO2. The number of H-pyrrole nitrogens is 1. The number of rotatable bonds is 2. The smallest absolute Gasteiger partial charge is 0.346 e. The van der Waals surface area contributed by atoms with E-state index >= 15 is 0 Å². The van der Waals surface area contributed by atoms with E-state index in [2.05, 4.69) is 11.9 Å². The summed E-state index contributed by atoms with van der Waals surface area (Å²) in [5, 5.41) is 1.66. The molecule has 0 saturated heterocycles. The Balaban J connectivity index is 2.49. The number of nitrogens with one attached hydrogen (secondary N) is 1. The van der Waals surface area contributed by atoms with Crippen LogP contribution >= 0.6 is 0 Å². The third-order valence-electron chi connectivity index (χ3n) is 3.42. The maximum Gasteiger partial charge on any atom is 0.346 e. The summed E-state index contributed by atoms with van der Waals surface area (Å²) in [7, 11) is 0. The molecule has 0 aliphatic rings. The van der Waals surface area contributed by atoms with Crippen LogP contribution < -0.4 is 5.63 Å². The molecule has 2 aromatic heterocycles. The van der Waals surface area contributed by atoms with Crippen molar-refractivity contribution in [1.29, 1.82) is 0 Å². The maximum atomic E-state index is 12.0. The molecule has 3 heteroatoms. The molecule has 1 N–H and O–H groups in total. The third-order valence-corrected chi connectivity index (χ3v) is 3.42. The minimum absolute atomic E-state index is 0.250. The molecule has 3 aromatic rings. The summed E-state index contributed by atoms with van der Waals surface area (Å²) in [5.74, 6) is 0. The number of para-hydroxylation sites is 1. The van der Waals surface area contributed by atoms with E-state index in [1.807, 2.05) is 31.2 Å². The summed E-state index contributed by atoms with van der Waals surface area (Å²) >= 11 is 0. The van der Waals surface area contributed by atoms with Crippen LogP contribution in [-0.2, 0) is 6.42 Å². The Morgan fingerprint density at radius 2 is 2.06 bits per heavy atom. The first-order valence-electron chi connectivity index (χ1n) is 6.25. The zero-order chi connectivity index (χ0) is 12.7. The molecule has 0 aliphatic carbocycles. The highest BCUT2D eigenvalue weighted by atomic mass is 16.4. The van der Waals surface area contributed by atoms with Gasteiger partial charge < -0.3 is 9.40 Å². The van der Waals surface area contributed by atoms with E-state index in [1.54, 1.807) is 0 Å². The van der Waals surface area contributed by atoms with Crippen LogP contribution in [0.4, 0.5) is 0 Å². The number of hydrogen-bond donors (Lipinski definition) is 1. The number of aromatic nitrogens is 1. The topological polar surface area (TPSA) is 46.0 Å². The van der Waals surface area contributed by atoms with Crippen molar-refractivity contribution in [3.63, 3.8) is 0 Å². The van der Waals surface area contributed by atoms with E-state index < -0.39 is 0 Å². The largest absolute Gasteiger partial charge is 0.422 e. The van der Waals surface area contributed by atoms with Crippen LogP contribution in [0.1, 0.15) is 24.6 Å². The first kappa shape index (κ1) is 11.1. The standard InChI is InChI=1S/C15H15NO2/c1-3-6-11-9(2)13-14(16-11)10-7-4-5-8-12(10)18-15(13)17/h4-5,7-8,16H,3,6H2,1-2H3. The van der Waals surface area contributed by atoms with Gasteiger partial charge in [-0.2, -0.15) is 0 Å². The minimum atomic E-state index is -0.250. The van der Waals surface area contributed by atoms with Gasteiger partial charge in [0.15, 0.2) is 0 Å². The lowest BCUT2D eigenvalue weighted by Crippen LogP contribution is -1.99. The van der Waals surface area contributed by atoms with E-state index in [4.69, 9.17) is 4.42 Å². The summed E-state index contributed by atoms with van der Waals surface area (Å²) in [6.45, 7) is 4.11. The number of aryl methyl sites for hydroxylation is 2. The van der Waals surface area contributed by atoms with Crippen LogP contribution in [0.25, 0.3) is 21.9 Å². The Kier molecular flexibility index (Phi) is 2.47. The monoisotopic (exact) mass is 241 g/mol. The minimum Gasteiger partial charge on any atom is -0.422 e. The molecule has 0 saturated carbocycles. The van der Waals surface area contributed by atoms with Crippen molar-refractivity contribution < 1.29 is 4.42 Å². The summed E-state index contributed by atoms with van der Waals surface area (Å²) in [6.07, 6.45) is 2.01. The number of hydrogen-bond acceptors (Lipinski definition) is 2. The maximum absolute atomic E-state index is 12.0. The van der Waals surface area contributed by atoms with Gasteiger partial charge in [0.25, 0.3) is 0 Å². The summed E-state index contributed by atoms with van der Waals surface area (Å²) in [4.78, 5) is 15.4. The van der Waals surface area contributed by atoms with E-state index in [9.17, 15) is 4.79 Å². The second-order valence-corrected chi connectivity index (χ2v) is 4.61. The molecular weight excluding hydrogens is 226 g/mol. The van der Waals surface area contributed by atoms with Gasteiger partial charge in [0.1, 0.15) is 5.58 Å². The molecule has 3 rings (SSSR count). The number of benzene rings is 1. The Morgan fingerprint density at radius 1 is 1.28 bits per heavy atom. The zero-order valence-electron chi connectivity index (χ0n) is 10.5. The average molecular weight is 241 g/mol. The number of aromatic amines is 1. The van der Waals surface area contributed by atoms with Crippen molar-refractivity contribution in [2.24, 2.45) is 0 Å². The quantitative estimate of drug-likeness (QED) is 0.697.